The minimum Gasteiger partial charge on any atom is -0.333 e. The molecular formula is C23H17F2N5O. The Morgan fingerprint density at radius 2 is 1.84 bits per heavy atom. The number of nitriles is 1. The van der Waals surface area contributed by atoms with Crippen LogP contribution in [0.2, 0.25) is 0 Å². The number of carbonyl (C=O) groups excluding carboxylic acids is 1. The minimum absolute atomic E-state index is 0.204. The Bertz CT molecular complexity index is 1220. The Hall–Kier alpha value is -4.12. The highest BCUT2D eigenvalue weighted by molar-refractivity contribution is 6.07. The van der Waals surface area contributed by atoms with Gasteiger partial charge in [-0.05, 0) is 61.0 Å². The van der Waals surface area contributed by atoms with Gasteiger partial charge < -0.3 is 4.90 Å². The van der Waals surface area contributed by atoms with Gasteiger partial charge in [0, 0.05) is 24.2 Å². The van der Waals surface area contributed by atoms with Crippen LogP contribution in [0.1, 0.15) is 23.6 Å². The van der Waals surface area contributed by atoms with Crippen molar-refractivity contribution in [3.8, 4) is 6.07 Å². The fraction of sp³-hybridized carbons (Fsp3) is 0.130. The number of amides is 2. The number of aliphatic imine (C=N–C) groups is 1. The quantitative estimate of drug-likeness (QED) is 0.731. The average Bonchev–Trinajstić information content (AvgIpc) is 2.74. The molecule has 0 saturated carbocycles. The molecule has 6 nitrogen and oxygen atoms in total. The summed E-state index contributed by atoms with van der Waals surface area (Å²) in [4.78, 5) is 18.7. The highest BCUT2D eigenvalue weighted by Gasteiger charge is 2.34. The van der Waals surface area contributed by atoms with Gasteiger partial charge in [0.2, 0.25) is 0 Å². The van der Waals surface area contributed by atoms with Gasteiger partial charge in [-0.1, -0.05) is 6.08 Å². The molecule has 0 N–H and O–H groups in total. The van der Waals surface area contributed by atoms with Crippen LogP contribution < -0.4 is 0 Å². The third-order valence-electron chi connectivity index (χ3n) is 4.99. The molecule has 1 atom stereocenters. The molecule has 2 aromatic rings. The maximum absolute atomic E-state index is 14.5. The van der Waals surface area contributed by atoms with Crippen LogP contribution in [0.5, 0.6) is 0 Å². The lowest BCUT2D eigenvalue weighted by Gasteiger charge is -2.38. The monoisotopic (exact) mass is 417 g/mol. The number of nitrogens with zero attached hydrogens (tertiary/aromatic N) is 5. The fourth-order valence-corrected chi connectivity index (χ4v) is 3.40. The van der Waals surface area contributed by atoms with Crippen molar-refractivity contribution in [1.29, 1.82) is 5.26 Å². The van der Waals surface area contributed by atoms with E-state index in [0.29, 0.717) is 28.2 Å². The normalized spacial score (nSPS) is 18.4. The SMILES string of the molecule is CC1=NN2C(=O)N=C(c3ccc(C#N)cc3)N(C)C2C=C(c2ccc(F)cc2F)C=C1. The number of hydrazone groups is 1. The summed E-state index contributed by atoms with van der Waals surface area (Å²) in [5.74, 6) is -0.983. The summed E-state index contributed by atoms with van der Waals surface area (Å²) in [5, 5.41) is 14.6. The molecule has 154 valence electrons. The van der Waals surface area contributed by atoms with Crippen molar-refractivity contribution < 1.29 is 13.6 Å². The lowest BCUT2D eigenvalue weighted by atomic mass is 10.0. The topological polar surface area (TPSA) is 72.1 Å². The van der Waals surface area contributed by atoms with Crippen molar-refractivity contribution in [1.82, 2.24) is 9.91 Å². The van der Waals surface area contributed by atoms with Crippen LogP contribution in [0.15, 0.2) is 70.8 Å². The predicted octanol–water partition coefficient (Wildman–Crippen LogP) is 4.31. The number of carbonyl (C=O) groups is 1. The van der Waals surface area contributed by atoms with E-state index in [1.807, 2.05) is 6.07 Å². The number of fused-ring (bicyclic) bond motifs is 1. The molecule has 0 fully saturated rings. The van der Waals surface area contributed by atoms with Crippen molar-refractivity contribution >= 4 is 23.2 Å². The van der Waals surface area contributed by atoms with Crippen LogP contribution in [0.3, 0.4) is 0 Å². The second-order valence-electron chi connectivity index (χ2n) is 7.10. The number of hydrogen-bond donors (Lipinski definition) is 0. The second kappa shape index (κ2) is 7.95. The van der Waals surface area contributed by atoms with Crippen molar-refractivity contribution in [2.45, 2.75) is 13.1 Å². The Balaban J connectivity index is 1.82. The van der Waals surface area contributed by atoms with Gasteiger partial charge in [-0.25, -0.2) is 13.6 Å². The largest absolute Gasteiger partial charge is 0.368 e. The van der Waals surface area contributed by atoms with Crippen molar-refractivity contribution in [2.24, 2.45) is 10.1 Å². The fourth-order valence-electron chi connectivity index (χ4n) is 3.40. The summed E-state index contributed by atoms with van der Waals surface area (Å²) in [6, 6.07) is 11.5. The van der Waals surface area contributed by atoms with Crippen LogP contribution in [-0.4, -0.2) is 40.7 Å². The Kier molecular flexibility index (Phi) is 5.17. The van der Waals surface area contributed by atoms with E-state index < -0.39 is 23.8 Å². The Morgan fingerprint density at radius 1 is 1.10 bits per heavy atom. The third-order valence-corrected chi connectivity index (χ3v) is 4.99. The molecule has 2 aliphatic heterocycles. The van der Waals surface area contributed by atoms with E-state index in [2.05, 4.69) is 10.1 Å². The van der Waals surface area contributed by atoms with Gasteiger partial charge in [0.1, 0.15) is 23.6 Å². The smallest absolute Gasteiger partial charge is 0.333 e. The first-order valence-corrected chi connectivity index (χ1v) is 9.43. The Labute approximate surface area is 177 Å². The summed E-state index contributed by atoms with van der Waals surface area (Å²) in [6.07, 6.45) is 4.31. The zero-order chi connectivity index (χ0) is 22.1. The number of benzene rings is 2. The van der Waals surface area contributed by atoms with Crippen molar-refractivity contribution in [3.63, 3.8) is 0 Å². The molecule has 0 radical (unpaired) electrons. The highest BCUT2D eigenvalue weighted by atomic mass is 19.1. The molecule has 2 aliphatic rings. The molecule has 0 aromatic heterocycles. The number of halogens is 2. The minimum atomic E-state index is -0.705. The van der Waals surface area contributed by atoms with Gasteiger partial charge in [0.25, 0.3) is 0 Å². The van der Waals surface area contributed by atoms with E-state index in [1.165, 1.54) is 17.1 Å². The molecule has 1 unspecified atom stereocenters. The molecule has 2 amide bonds. The van der Waals surface area contributed by atoms with Gasteiger partial charge in [0.15, 0.2) is 0 Å². The maximum atomic E-state index is 14.5. The zero-order valence-electron chi connectivity index (χ0n) is 16.8. The van der Waals surface area contributed by atoms with E-state index >= 15 is 0 Å². The van der Waals surface area contributed by atoms with Gasteiger partial charge in [-0.15, -0.1) is 0 Å². The number of amidine groups is 1. The molecular weight excluding hydrogens is 400 g/mol. The first kappa shape index (κ1) is 20.2. The van der Waals surface area contributed by atoms with E-state index in [0.717, 1.165) is 6.07 Å². The van der Waals surface area contributed by atoms with E-state index in [4.69, 9.17) is 5.26 Å². The lowest BCUT2D eigenvalue weighted by molar-refractivity contribution is 0.150. The van der Waals surface area contributed by atoms with Crippen molar-refractivity contribution in [2.75, 3.05) is 7.05 Å². The predicted molar refractivity (Wildman–Crippen MR) is 113 cm³/mol. The number of allylic oxidation sites excluding steroid dienone is 3. The van der Waals surface area contributed by atoms with E-state index in [1.54, 1.807) is 61.4 Å². The van der Waals surface area contributed by atoms with E-state index in [9.17, 15) is 13.6 Å². The molecule has 0 spiro atoms. The number of likely N-dealkylation sites (N-methyl/N-ethyl adjacent to an activating group) is 1. The van der Waals surface area contributed by atoms with Crippen molar-refractivity contribution in [3.05, 3.63) is 89.0 Å². The molecule has 0 aliphatic carbocycles. The summed E-state index contributed by atoms with van der Waals surface area (Å²) < 4.78 is 27.9. The molecule has 8 heteroatoms. The summed E-state index contributed by atoms with van der Waals surface area (Å²) >= 11 is 0. The first-order valence-electron chi connectivity index (χ1n) is 9.43. The number of urea groups is 1. The molecule has 2 aromatic carbocycles. The first-order chi connectivity index (χ1) is 14.9. The van der Waals surface area contributed by atoms with Gasteiger partial charge in [0.05, 0.1) is 17.3 Å². The van der Waals surface area contributed by atoms with Crippen LogP contribution in [0, 0.1) is 23.0 Å². The standard InChI is InChI=1S/C23H17F2N5O/c1-14-3-6-17(19-10-9-18(24)12-20(19)25)11-21-29(2)22(27-23(31)30(21)28-14)16-7-4-15(13-26)5-8-16/h3-12,21H,1-2H3. The molecule has 2 heterocycles. The number of rotatable bonds is 2. The van der Waals surface area contributed by atoms with Gasteiger partial charge >= 0.3 is 6.03 Å². The lowest BCUT2D eigenvalue weighted by Crippen LogP contribution is -2.52. The second-order valence-corrected chi connectivity index (χ2v) is 7.10. The van der Waals surface area contributed by atoms with Gasteiger partial charge in [-0.3, -0.25) is 0 Å². The molecule has 31 heavy (non-hydrogen) atoms. The highest BCUT2D eigenvalue weighted by Crippen LogP contribution is 2.27. The van der Waals surface area contributed by atoms with Crippen LogP contribution in [0.4, 0.5) is 13.6 Å². The molecule has 4 rings (SSSR count). The van der Waals surface area contributed by atoms with Crippen LogP contribution >= 0.6 is 0 Å². The van der Waals surface area contributed by atoms with Crippen LogP contribution in [0.25, 0.3) is 5.57 Å². The zero-order valence-corrected chi connectivity index (χ0v) is 16.8. The van der Waals surface area contributed by atoms with E-state index in [-0.39, 0.29) is 5.56 Å². The molecule has 0 saturated heterocycles. The number of hydrogen-bond acceptors (Lipinski definition) is 4. The van der Waals surface area contributed by atoms with Crippen LogP contribution in [-0.2, 0) is 0 Å². The maximum Gasteiger partial charge on any atom is 0.368 e. The summed E-state index contributed by atoms with van der Waals surface area (Å²) in [5.41, 5.74) is 2.34. The Morgan fingerprint density at radius 3 is 2.52 bits per heavy atom. The van der Waals surface area contributed by atoms with Gasteiger partial charge in [-0.2, -0.15) is 20.4 Å². The molecule has 0 bridgehead atoms. The third kappa shape index (κ3) is 3.85. The summed E-state index contributed by atoms with van der Waals surface area (Å²) in [7, 11) is 1.74. The summed E-state index contributed by atoms with van der Waals surface area (Å²) in [6.45, 7) is 1.71. The average molecular weight is 417 g/mol.